The van der Waals surface area contributed by atoms with E-state index in [4.69, 9.17) is 5.73 Å². The highest BCUT2D eigenvalue weighted by atomic mass is 19.1. The predicted molar refractivity (Wildman–Crippen MR) is 97.8 cm³/mol. The van der Waals surface area contributed by atoms with E-state index in [1.165, 1.54) is 17.8 Å². The van der Waals surface area contributed by atoms with Crippen molar-refractivity contribution in [1.29, 1.82) is 0 Å². The van der Waals surface area contributed by atoms with E-state index in [1.54, 1.807) is 12.1 Å². The normalized spacial score (nSPS) is 15.2. The second-order valence-corrected chi connectivity index (χ2v) is 6.50. The molecule has 1 saturated heterocycles. The van der Waals surface area contributed by atoms with Crippen LogP contribution in [0.15, 0.2) is 48.5 Å². The molecule has 0 saturated carbocycles. The molecule has 2 aromatic rings. The van der Waals surface area contributed by atoms with E-state index < -0.39 is 0 Å². The van der Waals surface area contributed by atoms with Gasteiger partial charge in [-0.25, -0.2) is 4.39 Å². The fourth-order valence-corrected chi connectivity index (χ4v) is 3.19. The van der Waals surface area contributed by atoms with Crippen molar-refractivity contribution in [1.82, 2.24) is 5.32 Å². The summed E-state index contributed by atoms with van der Waals surface area (Å²) in [4.78, 5) is 14.5. The van der Waals surface area contributed by atoms with Crippen molar-refractivity contribution in [2.45, 2.75) is 31.8 Å². The summed E-state index contributed by atoms with van der Waals surface area (Å²) < 4.78 is 12.9. The zero-order valence-corrected chi connectivity index (χ0v) is 14.2. The lowest BCUT2D eigenvalue weighted by Gasteiger charge is -2.34. The number of benzene rings is 2. The molecule has 3 N–H and O–H groups in total. The Balaban J connectivity index is 1.46. The molecular formula is C20H24FN3O. The van der Waals surface area contributed by atoms with Crippen LogP contribution in [-0.2, 0) is 17.8 Å². The Labute approximate surface area is 147 Å². The van der Waals surface area contributed by atoms with Crippen molar-refractivity contribution in [2.24, 2.45) is 5.73 Å². The third-order valence-corrected chi connectivity index (χ3v) is 4.68. The number of rotatable bonds is 5. The first-order chi connectivity index (χ1) is 12.1. The van der Waals surface area contributed by atoms with Gasteiger partial charge in [-0.2, -0.15) is 0 Å². The molecule has 0 radical (unpaired) electrons. The highest BCUT2D eigenvalue weighted by molar-refractivity contribution is 5.78. The molecule has 1 aliphatic rings. The number of hydrogen-bond donors (Lipinski definition) is 2. The van der Waals surface area contributed by atoms with Crippen LogP contribution in [0.3, 0.4) is 0 Å². The quantitative estimate of drug-likeness (QED) is 0.879. The van der Waals surface area contributed by atoms with Crippen LogP contribution in [0.1, 0.15) is 24.0 Å². The molecule has 0 bridgehead atoms. The molecule has 3 rings (SSSR count). The lowest BCUT2D eigenvalue weighted by atomic mass is 10.0. The standard InChI is InChI=1S/C20H24FN3O/c21-17-5-1-15(2-6-17)13-20(25)23-18-9-11-24(12-10-18)19-7-3-16(14-22)4-8-19/h1-8,18H,9-14,22H2,(H,23,25). The van der Waals surface area contributed by atoms with Crippen molar-refractivity contribution >= 4 is 11.6 Å². The monoisotopic (exact) mass is 341 g/mol. The van der Waals surface area contributed by atoms with E-state index in [2.05, 4.69) is 34.5 Å². The van der Waals surface area contributed by atoms with Gasteiger partial charge in [-0.15, -0.1) is 0 Å². The molecule has 2 aromatic carbocycles. The summed E-state index contributed by atoms with van der Waals surface area (Å²) in [6.07, 6.45) is 2.14. The maximum absolute atomic E-state index is 12.9. The average Bonchev–Trinajstić information content (AvgIpc) is 2.64. The molecule has 0 spiro atoms. The minimum absolute atomic E-state index is 0.00245. The number of nitrogens with zero attached hydrogens (tertiary/aromatic N) is 1. The molecule has 0 atom stereocenters. The second kappa shape index (κ2) is 8.12. The fourth-order valence-electron chi connectivity index (χ4n) is 3.19. The Bertz CT molecular complexity index is 692. The van der Waals surface area contributed by atoms with Gasteiger partial charge in [0.25, 0.3) is 0 Å². The Kier molecular flexibility index (Phi) is 5.66. The van der Waals surface area contributed by atoms with Crippen molar-refractivity contribution < 1.29 is 9.18 Å². The van der Waals surface area contributed by atoms with Crippen LogP contribution in [-0.4, -0.2) is 25.0 Å². The van der Waals surface area contributed by atoms with E-state index in [0.29, 0.717) is 13.0 Å². The molecule has 1 heterocycles. The van der Waals surface area contributed by atoms with Gasteiger partial charge in [-0.3, -0.25) is 4.79 Å². The second-order valence-electron chi connectivity index (χ2n) is 6.50. The number of anilines is 1. The van der Waals surface area contributed by atoms with Crippen molar-refractivity contribution in [3.05, 3.63) is 65.5 Å². The van der Waals surface area contributed by atoms with Gasteiger partial charge in [-0.1, -0.05) is 24.3 Å². The number of amides is 1. The third-order valence-electron chi connectivity index (χ3n) is 4.68. The number of hydrogen-bond acceptors (Lipinski definition) is 3. The molecule has 5 heteroatoms. The number of carbonyl (C=O) groups is 1. The highest BCUT2D eigenvalue weighted by Gasteiger charge is 2.20. The average molecular weight is 341 g/mol. The van der Waals surface area contributed by atoms with E-state index in [0.717, 1.165) is 37.1 Å². The largest absolute Gasteiger partial charge is 0.371 e. The van der Waals surface area contributed by atoms with Crippen LogP contribution in [0.2, 0.25) is 0 Å². The van der Waals surface area contributed by atoms with E-state index >= 15 is 0 Å². The first-order valence-electron chi connectivity index (χ1n) is 8.72. The van der Waals surface area contributed by atoms with Crippen molar-refractivity contribution in [3.63, 3.8) is 0 Å². The summed E-state index contributed by atoms with van der Waals surface area (Å²) >= 11 is 0. The van der Waals surface area contributed by atoms with Crippen molar-refractivity contribution in [2.75, 3.05) is 18.0 Å². The summed E-state index contributed by atoms with van der Waals surface area (Å²) in [7, 11) is 0. The highest BCUT2D eigenvalue weighted by Crippen LogP contribution is 2.20. The van der Waals surface area contributed by atoms with Crippen LogP contribution in [0.25, 0.3) is 0 Å². The summed E-state index contributed by atoms with van der Waals surface area (Å²) in [5, 5.41) is 3.10. The summed E-state index contributed by atoms with van der Waals surface area (Å²) in [6, 6.07) is 14.6. The summed E-state index contributed by atoms with van der Waals surface area (Å²) in [5.74, 6) is -0.284. The fraction of sp³-hybridized carbons (Fsp3) is 0.350. The molecule has 1 amide bonds. The number of halogens is 1. The number of piperidine rings is 1. The van der Waals surface area contributed by atoms with Gasteiger partial charge in [0, 0.05) is 31.4 Å². The van der Waals surface area contributed by atoms with Gasteiger partial charge in [0.2, 0.25) is 5.91 Å². The van der Waals surface area contributed by atoms with E-state index in [1.807, 2.05) is 0 Å². The first-order valence-corrected chi connectivity index (χ1v) is 8.72. The van der Waals surface area contributed by atoms with Gasteiger partial charge in [0.05, 0.1) is 6.42 Å². The lowest BCUT2D eigenvalue weighted by Crippen LogP contribution is -2.45. The van der Waals surface area contributed by atoms with Crippen LogP contribution in [0.5, 0.6) is 0 Å². The first kappa shape index (κ1) is 17.4. The smallest absolute Gasteiger partial charge is 0.224 e. The Morgan fingerprint density at radius 2 is 1.64 bits per heavy atom. The maximum atomic E-state index is 12.9. The van der Waals surface area contributed by atoms with Gasteiger partial charge >= 0.3 is 0 Å². The molecule has 0 aliphatic carbocycles. The summed E-state index contributed by atoms with van der Waals surface area (Å²) in [5.41, 5.74) is 8.80. The van der Waals surface area contributed by atoms with Crippen molar-refractivity contribution in [3.8, 4) is 0 Å². The zero-order valence-electron chi connectivity index (χ0n) is 14.2. The van der Waals surface area contributed by atoms with E-state index in [-0.39, 0.29) is 17.8 Å². The number of nitrogens with two attached hydrogens (primary N) is 1. The Morgan fingerprint density at radius 1 is 1.04 bits per heavy atom. The topological polar surface area (TPSA) is 58.4 Å². The molecule has 25 heavy (non-hydrogen) atoms. The lowest BCUT2D eigenvalue weighted by molar-refractivity contribution is -0.121. The van der Waals surface area contributed by atoms with Crippen LogP contribution >= 0.6 is 0 Å². The predicted octanol–water partition coefficient (Wildman–Crippen LogP) is 2.61. The Hall–Kier alpha value is -2.40. The van der Waals surface area contributed by atoms with Crippen LogP contribution in [0.4, 0.5) is 10.1 Å². The van der Waals surface area contributed by atoms with E-state index in [9.17, 15) is 9.18 Å². The van der Waals surface area contributed by atoms with Crippen LogP contribution < -0.4 is 16.0 Å². The summed E-state index contributed by atoms with van der Waals surface area (Å²) in [6.45, 7) is 2.40. The van der Waals surface area contributed by atoms with Gasteiger partial charge in [0.1, 0.15) is 5.82 Å². The molecule has 0 aromatic heterocycles. The van der Waals surface area contributed by atoms with Gasteiger partial charge in [0.15, 0.2) is 0 Å². The third kappa shape index (κ3) is 4.79. The van der Waals surface area contributed by atoms with Gasteiger partial charge < -0.3 is 16.0 Å². The molecule has 1 aliphatic heterocycles. The number of carbonyl (C=O) groups excluding carboxylic acids is 1. The Morgan fingerprint density at radius 3 is 2.24 bits per heavy atom. The molecular weight excluding hydrogens is 317 g/mol. The van der Waals surface area contributed by atoms with Crippen LogP contribution in [0, 0.1) is 5.82 Å². The molecule has 4 nitrogen and oxygen atoms in total. The number of nitrogens with one attached hydrogen (secondary N) is 1. The zero-order chi connectivity index (χ0) is 17.6. The minimum Gasteiger partial charge on any atom is -0.371 e. The SMILES string of the molecule is NCc1ccc(N2CCC(NC(=O)Cc3ccc(F)cc3)CC2)cc1. The molecule has 1 fully saturated rings. The minimum atomic E-state index is -0.281. The molecule has 0 unspecified atom stereocenters. The maximum Gasteiger partial charge on any atom is 0.224 e. The molecule has 132 valence electrons. The van der Waals surface area contributed by atoms with Gasteiger partial charge in [-0.05, 0) is 48.2 Å².